The maximum Gasteiger partial charge on any atom is 0.252 e. The Morgan fingerprint density at radius 1 is 1.38 bits per heavy atom. The molecule has 0 heterocycles. The SMILES string of the molecule is C=CC(=O)N(CC)C(F)=C(F)C=C. The molecular formula is C9H11F2NO. The molecule has 4 heteroatoms. The zero-order chi connectivity index (χ0) is 10.4. The van der Waals surface area contributed by atoms with Gasteiger partial charge in [-0.25, -0.2) is 4.39 Å². The molecule has 0 atom stereocenters. The van der Waals surface area contributed by atoms with Crippen molar-refractivity contribution in [2.45, 2.75) is 6.92 Å². The van der Waals surface area contributed by atoms with Crippen molar-refractivity contribution in [2.24, 2.45) is 0 Å². The highest BCUT2D eigenvalue weighted by Gasteiger charge is 2.16. The molecular weight excluding hydrogens is 176 g/mol. The summed E-state index contributed by atoms with van der Waals surface area (Å²) in [6, 6.07) is 0. The Hall–Kier alpha value is -1.45. The summed E-state index contributed by atoms with van der Waals surface area (Å²) in [5.41, 5.74) is 0. The molecule has 2 nitrogen and oxygen atoms in total. The average molecular weight is 187 g/mol. The Labute approximate surface area is 75.8 Å². The van der Waals surface area contributed by atoms with Crippen molar-refractivity contribution in [2.75, 3.05) is 6.54 Å². The van der Waals surface area contributed by atoms with E-state index >= 15 is 0 Å². The predicted molar refractivity (Wildman–Crippen MR) is 47.0 cm³/mol. The van der Waals surface area contributed by atoms with E-state index in [2.05, 4.69) is 13.2 Å². The summed E-state index contributed by atoms with van der Waals surface area (Å²) in [7, 11) is 0. The molecule has 13 heavy (non-hydrogen) atoms. The summed E-state index contributed by atoms with van der Waals surface area (Å²) in [5.74, 6) is -3.07. The van der Waals surface area contributed by atoms with Crippen LogP contribution in [0, 0.1) is 0 Å². The van der Waals surface area contributed by atoms with Gasteiger partial charge in [-0.2, -0.15) is 4.39 Å². The van der Waals surface area contributed by atoms with Gasteiger partial charge in [0.1, 0.15) is 0 Å². The Kier molecular flexibility index (Phi) is 4.66. The van der Waals surface area contributed by atoms with E-state index in [0.29, 0.717) is 11.0 Å². The molecule has 0 fully saturated rings. The predicted octanol–water partition coefficient (Wildman–Crippen LogP) is 2.32. The number of allylic oxidation sites excluding steroid dienone is 2. The molecule has 0 aromatic carbocycles. The van der Waals surface area contributed by atoms with Gasteiger partial charge in [-0.15, -0.1) is 0 Å². The van der Waals surface area contributed by atoms with E-state index in [-0.39, 0.29) is 6.54 Å². The lowest BCUT2D eigenvalue weighted by atomic mass is 10.4. The summed E-state index contributed by atoms with van der Waals surface area (Å²) >= 11 is 0. The number of halogens is 2. The van der Waals surface area contributed by atoms with Crippen LogP contribution in [0.25, 0.3) is 0 Å². The standard InChI is InChI=1S/C9H11F2NO/c1-4-7(10)9(11)12(6-3)8(13)5-2/h4-5H,1-2,6H2,3H3. The second kappa shape index (κ2) is 5.24. The third-order valence-corrected chi connectivity index (χ3v) is 1.37. The lowest BCUT2D eigenvalue weighted by Crippen LogP contribution is -2.27. The second-order valence-electron chi connectivity index (χ2n) is 2.13. The van der Waals surface area contributed by atoms with Gasteiger partial charge in [0.25, 0.3) is 5.91 Å². The van der Waals surface area contributed by atoms with Gasteiger partial charge in [-0.3, -0.25) is 9.69 Å². The number of hydrogen-bond acceptors (Lipinski definition) is 1. The topological polar surface area (TPSA) is 20.3 Å². The zero-order valence-corrected chi connectivity index (χ0v) is 7.39. The first-order valence-electron chi connectivity index (χ1n) is 3.70. The van der Waals surface area contributed by atoms with Crippen molar-refractivity contribution in [3.05, 3.63) is 37.1 Å². The highest BCUT2D eigenvalue weighted by atomic mass is 19.2. The van der Waals surface area contributed by atoms with Crippen LogP contribution in [0.1, 0.15) is 6.92 Å². The van der Waals surface area contributed by atoms with Gasteiger partial charge in [0.2, 0.25) is 5.95 Å². The van der Waals surface area contributed by atoms with E-state index < -0.39 is 17.7 Å². The molecule has 0 aliphatic carbocycles. The van der Waals surface area contributed by atoms with E-state index in [4.69, 9.17) is 0 Å². The van der Waals surface area contributed by atoms with Crippen molar-refractivity contribution < 1.29 is 13.6 Å². The van der Waals surface area contributed by atoms with Crippen LogP contribution in [0.3, 0.4) is 0 Å². The van der Waals surface area contributed by atoms with Crippen LogP contribution in [0.5, 0.6) is 0 Å². The smallest absolute Gasteiger partial charge is 0.252 e. The van der Waals surface area contributed by atoms with Crippen molar-refractivity contribution in [3.63, 3.8) is 0 Å². The largest absolute Gasteiger partial charge is 0.283 e. The number of amides is 1. The zero-order valence-electron chi connectivity index (χ0n) is 7.39. The first kappa shape index (κ1) is 11.6. The van der Waals surface area contributed by atoms with Gasteiger partial charge in [0, 0.05) is 6.54 Å². The molecule has 0 radical (unpaired) electrons. The number of rotatable bonds is 4. The summed E-state index contributed by atoms with van der Waals surface area (Å²) in [5, 5.41) is 0. The molecule has 0 aromatic rings. The first-order chi connectivity index (χ1) is 6.08. The maximum absolute atomic E-state index is 13.0. The summed E-state index contributed by atoms with van der Waals surface area (Å²) in [6.45, 7) is 7.78. The van der Waals surface area contributed by atoms with Crippen molar-refractivity contribution in [1.82, 2.24) is 4.90 Å². The van der Waals surface area contributed by atoms with Gasteiger partial charge in [-0.05, 0) is 19.1 Å². The molecule has 0 rings (SSSR count). The molecule has 0 unspecified atom stereocenters. The minimum Gasteiger partial charge on any atom is -0.283 e. The highest BCUT2D eigenvalue weighted by molar-refractivity contribution is 5.88. The molecule has 72 valence electrons. The lowest BCUT2D eigenvalue weighted by molar-refractivity contribution is -0.125. The number of nitrogens with zero attached hydrogens (tertiary/aromatic N) is 1. The molecule has 0 N–H and O–H groups in total. The highest BCUT2D eigenvalue weighted by Crippen LogP contribution is 2.14. The van der Waals surface area contributed by atoms with Crippen LogP contribution >= 0.6 is 0 Å². The van der Waals surface area contributed by atoms with Gasteiger partial charge >= 0.3 is 0 Å². The molecule has 0 saturated heterocycles. The maximum atomic E-state index is 13.0. The third kappa shape index (κ3) is 2.82. The van der Waals surface area contributed by atoms with Crippen molar-refractivity contribution >= 4 is 5.91 Å². The van der Waals surface area contributed by atoms with Crippen LogP contribution < -0.4 is 0 Å². The van der Waals surface area contributed by atoms with Gasteiger partial charge in [0.15, 0.2) is 5.83 Å². The fourth-order valence-corrected chi connectivity index (χ4v) is 0.715. The first-order valence-corrected chi connectivity index (χ1v) is 3.70. The van der Waals surface area contributed by atoms with Crippen molar-refractivity contribution in [3.8, 4) is 0 Å². The molecule has 0 saturated carbocycles. The Balaban J connectivity index is 4.88. The molecule has 0 spiro atoms. The summed E-state index contributed by atoms with van der Waals surface area (Å²) in [6.07, 6.45) is 1.62. The van der Waals surface area contributed by atoms with Crippen LogP contribution in [-0.4, -0.2) is 17.4 Å². The molecule has 0 aliphatic heterocycles. The van der Waals surface area contributed by atoms with Crippen LogP contribution in [0.4, 0.5) is 8.78 Å². The minimum absolute atomic E-state index is 0.0396. The van der Waals surface area contributed by atoms with Crippen LogP contribution in [-0.2, 0) is 4.79 Å². The fraction of sp³-hybridized carbons (Fsp3) is 0.222. The van der Waals surface area contributed by atoms with Gasteiger partial charge in [0.05, 0.1) is 0 Å². The van der Waals surface area contributed by atoms with E-state index in [1.807, 2.05) is 0 Å². The number of carbonyl (C=O) groups excluding carboxylic acids is 1. The number of likely N-dealkylation sites (N-methyl/N-ethyl adjacent to an activating group) is 1. The Morgan fingerprint density at radius 2 is 1.92 bits per heavy atom. The molecule has 1 amide bonds. The second-order valence-corrected chi connectivity index (χ2v) is 2.13. The monoisotopic (exact) mass is 187 g/mol. The summed E-state index contributed by atoms with van der Waals surface area (Å²) in [4.78, 5) is 11.6. The number of hydrogen-bond donors (Lipinski definition) is 0. The van der Waals surface area contributed by atoms with E-state index in [9.17, 15) is 13.6 Å². The van der Waals surface area contributed by atoms with E-state index in [1.165, 1.54) is 6.92 Å². The van der Waals surface area contributed by atoms with Gasteiger partial charge < -0.3 is 0 Å². The molecule has 0 aliphatic rings. The van der Waals surface area contributed by atoms with Crippen LogP contribution in [0.15, 0.2) is 37.1 Å². The number of carbonyl (C=O) groups is 1. The van der Waals surface area contributed by atoms with Crippen LogP contribution in [0.2, 0.25) is 0 Å². The van der Waals surface area contributed by atoms with Gasteiger partial charge in [-0.1, -0.05) is 13.2 Å². The quantitative estimate of drug-likeness (QED) is 0.375. The minimum atomic E-state index is -1.23. The Morgan fingerprint density at radius 3 is 2.23 bits per heavy atom. The molecule has 0 aromatic heterocycles. The third-order valence-electron chi connectivity index (χ3n) is 1.37. The van der Waals surface area contributed by atoms with Crippen molar-refractivity contribution in [1.29, 1.82) is 0 Å². The molecule has 0 bridgehead atoms. The lowest BCUT2D eigenvalue weighted by Gasteiger charge is -2.15. The average Bonchev–Trinajstić information content (AvgIpc) is 2.17. The Bertz CT molecular complexity index is 258. The van der Waals surface area contributed by atoms with E-state index in [0.717, 1.165) is 6.08 Å². The summed E-state index contributed by atoms with van der Waals surface area (Å²) < 4.78 is 25.6. The fourth-order valence-electron chi connectivity index (χ4n) is 0.715. The normalized spacial score (nSPS) is 11.6. The van der Waals surface area contributed by atoms with E-state index in [1.54, 1.807) is 0 Å².